The number of likely N-dealkylation sites (tertiary alicyclic amines) is 1. The number of halogens is 1. The zero-order chi connectivity index (χ0) is 18.5. The number of benzene rings is 1. The number of rotatable bonds is 6. The molecular weight excluding hydrogens is 388 g/mol. The van der Waals surface area contributed by atoms with Gasteiger partial charge in [-0.25, -0.2) is 0 Å². The fraction of sp³-hybridized carbons (Fsp3) is 0.571. The lowest BCUT2D eigenvalue weighted by Crippen LogP contribution is -2.49. The Morgan fingerprint density at radius 2 is 1.92 bits per heavy atom. The highest BCUT2D eigenvalue weighted by Crippen LogP contribution is 2.41. The van der Waals surface area contributed by atoms with Gasteiger partial charge < -0.3 is 10.6 Å². The van der Waals surface area contributed by atoms with Gasteiger partial charge in [0.1, 0.15) is 0 Å². The molecule has 1 heterocycles. The molecule has 2 atom stereocenters. The summed E-state index contributed by atoms with van der Waals surface area (Å²) in [6.45, 7) is 12.3. The molecule has 0 spiro atoms. The minimum absolute atomic E-state index is 0.498. The molecule has 2 unspecified atom stereocenters. The van der Waals surface area contributed by atoms with E-state index in [2.05, 4.69) is 81.1 Å². The molecule has 3 rings (SSSR count). The predicted molar refractivity (Wildman–Crippen MR) is 114 cm³/mol. The van der Waals surface area contributed by atoms with Crippen LogP contribution in [-0.4, -0.2) is 49.1 Å². The maximum atomic E-state index is 4.67. The van der Waals surface area contributed by atoms with Crippen molar-refractivity contribution in [2.75, 3.05) is 26.2 Å². The summed E-state index contributed by atoms with van der Waals surface area (Å²) in [5, 5.41) is 7.31. The standard InChI is InChI=1S/C21H31BrN4/c1-4-23-21(24-18-9-11-26(12-10-18)14-15(2)3)25-20-13-19(20)16-5-7-17(22)8-6-16/h5-8,18-20H,2,4,9-14H2,1,3H3,(H2,23,24,25). The number of piperidine rings is 1. The number of guanidine groups is 1. The van der Waals surface area contributed by atoms with Crippen LogP contribution in [0.5, 0.6) is 0 Å². The topological polar surface area (TPSA) is 39.7 Å². The Kier molecular flexibility index (Phi) is 6.76. The van der Waals surface area contributed by atoms with Crippen molar-refractivity contribution in [1.82, 2.24) is 15.5 Å². The summed E-state index contributed by atoms with van der Waals surface area (Å²) in [5.41, 5.74) is 2.66. The molecule has 1 aliphatic heterocycles. The summed E-state index contributed by atoms with van der Waals surface area (Å²) in [6.07, 6.45) is 3.51. The summed E-state index contributed by atoms with van der Waals surface area (Å²) in [6, 6.07) is 9.71. The molecular formula is C21H31BrN4. The first-order valence-corrected chi connectivity index (χ1v) is 10.5. The first-order chi connectivity index (χ1) is 12.5. The zero-order valence-corrected chi connectivity index (χ0v) is 17.6. The van der Waals surface area contributed by atoms with E-state index < -0.39 is 0 Å². The third-order valence-electron chi connectivity index (χ3n) is 5.15. The second-order valence-electron chi connectivity index (χ2n) is 7.62. The number of nitrogens with zero attached hydrogens (tertiary/aromatic N) is 2. The van der Waals surface area contributed by atoms with Crippen molar-refractivity contribution in [2.24, 2.45) is 4.99 Å². The number of hydrogen-bond acceptors (Lipinski definition) is 2. The van der Waals surface area contributed by atoms with Crippen LogP contribution in [0.1, 0.15) is 44.6 Å². The summed E-state index contributed by atoms with van der Waals surface area (Å²) in [7, 11) is 0. The van der Waals surface area contributed by atoms with E-state index in [0.717, 1.165) is 36.6 Å². The summed E-state index contributed by atoms with van der Waals surface area (Å²) >= 11 is 3.51. The van der Waals surface area contributed by atoms with Crippen molar-refractivity contribution >= 4 is 21.9 Å². The van der Waals surface area contributed by atoms with Gasteiger partial charge in [0.05, 0.1) is 0 Å². The van der Waals surface area contributed by atoms with Gasteiger partial charge in [-0.3, -0.25) is 9.89 Å². The van der Waals surface area contributed by atoms with Crippen molar-refractivity contribution in [1.29, 1.82) is 0 Å². The van der Waals surface area contributed by atoms with E-state index in [4.69, 9.17) is 0 Å². The van der Waals surface area contributed by atoms with Gasteiger partial charge in [-0.2, -0.15) is 0 Å². The molecule has 0 bridgehead atoms. The molecule has 1 saturated carbocycles. The van der Waals surface area contributed by atoms with Gasteiger partial charge in [0.15, 0.2) is 5.96 Å². The Bertz CT molecular complexity index is 632. The van der Waals surface area contributed by atoms with Crippen molar-refractivity contribution in [3.63, 3.8) is 0 Å². The molecule has 2 N–H and O–H groups in total. The summed E-state index contributed by atoms with van der Waals surface area (Å²) in [4.78, 5) is 7.16. The molecule has 4 nitrogen and oxygen atoms in total. The lowest BCUT2D eigenvalue weighted by atomic mass is 10.0. The van der Waals surface area contributed by atoms with Crippen molar-refractivity contribution in [3.8, 4) is 0 Å². The Morgan fingerprint density at radius 3 is 2.54 bits per heavy atom. The molecule has 0 radical (unpaired) electrons. The maximum absolute atomic E-state index is 4.67. The van der Waals surface area contributed by atoms with Crippen LogP contribution in [-0.2, 0) is 0 Å². The van der Waals surface area contributed by atoms with E-state index in [9.17, 15) is 0 Å². The molecule has 0 aromatic heterocycles. The van der Waals surface area contributed by atoms with Gasteiger partial charge in [0.25, 0.3) is 0 Å². The molecule has 1 saturated heterocycles. The van der Waals surface area contributed by atoms with E-state index in [1.807, 2.05) is 0 Å². The second-order valence-corrected chi connectivity index (χ2v) is 8.54. The quantitative estimate of drug-likeness (QED) is 0.418. The highest BCUT2D eigenvalue weighted by atomic mass is 79.9. The largest absolute Gasteiger partial charge is 0.354 e. The average molecular weight is 419 g/mol. The van der Waals surface area contributed by atoms with Crippen molar-refractivity contribution in [3.05, 3.63) is 46.5 Å². The highest BCUT2D eigenvalue weighted by Gasteiger charge is 2.39. The molecule has 2 fully saturated rings. The highest BCUT2D eigenvalue weighted by molar-refractivity contribution is 9.10. The Morgan fingerprint density at radius 1 is 1.23 bits per heavy atom. The van der Waals surface area contributed by atoms with Gasteiger partial charge >= 0.3 is 0 Å². The lowest BCUT2D eigenvalue weighted by Gasteiger charge is -2.33. The van der Waals surface area contributed by atoms with Crippen LogP contribution in [0.4, 0.5) is 0 Å². The second kappa shape index (κ2) is 9.05. The maximum Gasteiger partial charge on any atom is 0.191 e. The molecule has 142 valence electrons. The molecule has 5 heteroatoms. The third kappa shape index (κ3) is 5.58. The van der Waals surface area contributed by atoms with Crippen molar-refractivity contribution < 1.29 is 0 Å². The fourth-order valence-electron chi connectivity index (χ4n) is 3.71. The number of hydrogen-bond donors (Lipinski definition) is 2. The zero-order valence-electron chi connectivity index (χ0n) is 16.0. The van der Waals surface area contributed by atoms with Gasteiger partial charge in [0, 0.05) is 48.7 Å². The molecule has 1 aliphatic carbocycles. The van der Waals surface area contributed by atoms with Gasteiger partial charge in [0.2, 0.25) is 0 Å². The third-order valence-corrected chi connectivity index (χ3v) is 5.68. The van der Waals surface area contributed by atoms with Crippen LogP contribution in [0.3, 0.4) is 0 Å². The first kappa shape index (κ1) is 19.4. The predicted octanol–water partition coefficient (Wildman–Crippen LogP) is 3.90. The van der Waals surface area contributed by atoms with E-state index in [1.54, 1.807) is 0 Å². The van der Waals surface area contributed by atoms with Crippen molar-refractivity contribution in [2.45, 2.75) is 51.1 Å². The van der Waals surface area contributed by atoms with Crippen LogP contribution < -0.4 is 10.6 Å². The van der Waals surface area contributed by atoms with Crippen LogP contribution >= 0.6 is 15.9 Å². The molecule has 1 aromatic carbocycles. The van der Waals surface area contributed by atoms with Gasteiger partial charge in [-0.05, 0) is 50.8 Å². The van der Waals surface area contributed by atoms with Crippen LogP contribution in [0, 0.1) is 0 Å². The van der Waals surface area contributed by atoms with Crippen LogP contribution in [0.15, 0.2) is 45.9 Å². The molecule has 26 heavy (non-hydrogen) atoms. The number of nitrogens with one attached hydrogen (secondary N) is 2. The summed E-state index contributed by atoms with van der Waals surface area (Å²) < 4.78 is 1.14. The summed E-state index contributed by atoms with van der Waals surface area (Å²) in [5.74, 6) is 1.58. The van der Waals surface area contributed by atoms with E-state index >= 15 is 0 Å². The minimum atomic E-state index is 0.498. The Labute approximate surface area is 166 Å². The monoisotopic (exact) mass is 418 g/mol. The fourth-order valence-corrected chi connectivity index (χ4v) is 3.97. The Hall–Kier alpha value is -1.33. The molecule has 0 amide bonds. The SMILES string of the molecule is C=C(C)CN1CCC(NC(=NCC)NC2CC2c2ccc(Br)cc2)CC1. The molecule has 1 aromatic rings. The normalized spacial score (nSPS) is 24.3. The van der Waals surface area contributed by atoms with E-state index in [0.29, 0.717) is 18.0 Å². The lowest BCUT2D eigenvalue weighted by molar-refractivity contribution is 0.221. The van der Waals surface area contributed by atoms with E-state index in [-0.39, 0.29) is 0 Å². The van der Waals surface area contributed by atoms with Gasteiger partial charge in [-0.1, -0.05) is 40.2 Å². The Balaban J connectivity index is 1.48. The first-order valence-electron chi connectivity index (χ1n) is 9.75. The van der Waals surface area contributed by atoms with Gasteiger partial charge in [-0.15, -0.1) is 0 Å². The smallest absolute Gasteiger partial charge is 0.191 e. The van der Waals surface area contributed by atoms with E-state index in [1.165, 1.54) is 30.4 Å². The van der Waals surface area contributed by atoms with Crippen LogP contribution in [0.25, 0.3) is 0 Å². The number of aliphatic imine (C=N–C) groups is 1. The average Bonchev–Trinajstić information content (AvgIpc) is 3.36. The molecule has 2 aliphatic rings. The minimum Gasteiger partial charge on any atom is -0.354 e. The van der Waals surface area contributed by atoms with Crippen LogP contribution in [0.2, 0.25) is 0 Å².